The Kier molecular flexibility index (Phi) is 3.76. The van der Waals surface area contributed by atoms with Crippen molar-refractivity contribution in [2.45, 2.75) is 50.1 Å². The van der Waals surface area contributed by atoms with Gasteiger partial charge >= 0.3 is 5.97 Å². The normalized spacial score (nSPS) is 28.4. The molecule has 1 aliphatic carbocycles. The van der Waals surface area contributed by atoms with Crippen LogP contribution in [-0.4, -0.2) is 25.0 Å². The maximum absolute atomic E-state index is 12.0. The topological polar surface area (TPSA) is 44.8 Å². The number of methoxy groups -OCH3 is 1. The van der Waals surface area contributed by atoms with Crippen molar-refractivity contribution in [1.82, 2.24) is 0 Å². The van der Waals surface area contributed by atoms with Crippen LogP contribution in [0.3, 0.4) is 0 Å². The molecule has 1 aromatic carbocycles. The lowest BCUT2D eigenvalue weighted by atomic mass is 9.94. The van der Waals surface area contributed by atoms with Crippen LogP contribution in [0.4, 0.5) is 0 Å². The Morgan fingerprint density at radius 1 is 1.15 bits per heavy atom. The molecule has 20 heavy (non-hydrogen) atoms. The second-order valence-electron chi connectivity index (χ2n) is 5.48. The molecule has 1 saturated heterocycles. The van der Waals surface area contributed by atoms with Crippen LogP contribution in [0.1, 0.15) is 43.8 Å². The third-order valence-electron chi connectivity index (χ3n) is 4.14. The first-order valence-corrected chi connectivity index (χ1v) is 7.22. The molecule has 0 N–H and O–H groups in total. The van der Waals surface area contributed by atoms with E-state index in [9.17, 15) is 4.79 Å². The van der Waals surface area contributed by atoms with Crippen molar-refractivity contribution < 1.29 is 19.0 Å². The average Bonchev–Trinajstić information content (AvgIpc) is 2.87. The van der Waals surface area contributed by atoms with Gasteiger partial charge in [0.1, 0.15) is 6.10 Å². The second kappa shape index (κ2) is 5.54. The van der Waals surface area contributed by atoms with Gasteiger partial charge in [-0.15, -0.1) is 0 Å². The lowest BCUT2D eigenvalue weighted by Gasteiger charge is -2.31. The zero-order valence-electron chi connectivity index (χ0n) is 11.7. The molecule has 4 nitrogen and oxygen atoms in total. The van der Waals surface area contributed by atoms with E-state index in [2.05, 4.69) is 0 Å². The Balaban J connectivity index is 1.88. The molecule has 2 fully saturated rings. The van der Waals surface area contributed by atoms with Gasteiger partial charge in [-0.25, -0.2) is 4.79 Å². The molecular weight excluding hydrogens is 256 g/mol. The van der Waals surface area contributed by atoms with Crippen molar-refractivity contribution >= 4 is 5.97 Å². The summed E-state index contributed by atoms with van der Waals surface area (Å²) >= 11 is 0. The number of carbonyl (C=O) groups is 1. The molecule has 0 amide bonds. The smallest absolute Gasteiger partial charge is 0.338 e. The van der Waals surface area contributed by atoms with Gasteiger partial charge in [0.05, 0.1) is 7.11 Å². The summed E-state index contributed by atoms with van der Waals surface area (Å²) in [5, 5.41) is 0. The minimum atomic E-state index is -0.666. The molecular formula is C16H20O4. The van der Waals surface area contributed by atoms with Gasteiger partial charge in [-0.3, -0.25) is 0 Å². The minimum Gasteiger partial charge on any atom is -0.467 e. The minimum absolute atomic E-state index is 0.360. The van der Waals surface area contributed by atoms with E-state index in [-0.39, 0.29) is 12.1 Å². The predicted molar refractivity (Wildman–Crippen MR) is 73.0 cm³/mol. The lowest BCUT2D eigenvalue weighted by molar-refractivity contribution is -0.199. The van der Waals surface area contributed by atoms with Crippen LogP contribution in [0, 0.1) is 0 Å². The lowest BCUT2D eigenvalue weighted by Crippen LogP contribution is -2.35. The van der Waals surface area contributed by atoms with E-state index in [1.165, 1.54) is 13.5 Å². The summed E-state index contributed by atoms with van der Waals surface area (Å²) in [6.07, 6.45) is 4.02. The van der Waals surface area contributed by atoms with Gasteiger partial charge < -0.3 is 14.2 Å². The van der Waals surface area contributed by atoms with Gasteiger partial charge in [-0.1, -0.05) is 36.8 Å². The molecule has 3 rings (SSSR count). The van der Waals surface area contributed by atoms with E-state index in [4.69, 9.17) is 14.2 Å². The van der Waals surface area contributed by atoms with E-state index in [1.807, 2.05) is 30.3 Å². The van der Waals surface area contributed by atoms with E-state index in [0.29, 0.717) is 0 Å². The number of carbonyl (C=O) groups excluding carboxylic acids is 1. The molecule has 1 aromatic rings. The molecule has 1 heterocycles. The Labute approximate surface area is 119 Å². The Hall–Kier alpha value is -1.39. The zero-order valence-corrected chi connectivity index (χ0v) is 11.7. The highest BCUT2D eigenvalue weighted by Gasteiger charge is 2.51. The van der Waals surface area contributed by atoms with Crippen molar-refractivity contribution in [3.63, 3.8) is 0 Å². The molecule has 2 aliphatic rings. The number of ether oxygens (including phenoxy) is 3. The maximum Gasteiger partial charge on any atom is 0.338 e. The molecule has 0 aromatic heterocycles. The number of esters is 1. The summed E-state index contributed by atoms with van der Waals surface area (Å²) in [6.45, 7) is 0. The summed E-state index contributed by atoms with van der Waals surface area (Å²) in [7, 11) is 1.39. The van der Waals surface area contributed by atoms with Gasteiger partial charge in [0.2, 0.25) is 0 Å². The highest BCUT2D eigenvalue weighted by molar-refractivity contribution is 5.76. The molecule has 2 atom stereocenters. The molecule has 1 unspecified atom stereocenters. The van der Waals surface area contributed by atoms with Gasteiger partial charge in [-0.05, 0) is 18.4 Å². The van der Waals surface area contributed by atoms with E-state index < -0.39 is 11.9 Å². The molecule has 1 saturated carbocycles. The zero-order chi connectivity index (χ0) is 14.0. The van der Waals surface area contributed by atoms with Gasteiger partial charge in [0.25, 0.3) is 0 Å². The third kappa shape index (κ3) is 2.45. The summed E-state index contributed by atoms with van der Waals surface area (Å²) in [5.74, 6) is -0.959. The largest absolute Gasteiger partial charge is 0.467 e. The van der Waals surface area contributed by atoms with Crippen LogP contribution in [0.15, 0.2) is 30.3 Å². The highest BCUT2D eigenvalue weighted by atomic mass is 16.8. The van der Waals surface area contributed by atoms with Crippen molar-refractivity contribution in [1.29, 1.82) is 0 Å². The fourth-order valence-corrected chi connectivity index (χ4v) is 3.11. The van der Waals surface area contributed by atoms with E-state index >= 15 is 0 Å². The second-order valence-corrected chi connectivity index (χ2v) is 5.48. The molecule has 0 radical (unpaired) electrons. The van der Waals surface area contributed by atoms with Gasteiger partial charge in [0, 0.05) is 12.8 Å². The first kappa shape index (κ1) is 13.6. The average molecular weight is 276 g/mol. The molecule has 0 bridgehead atoms. The molecule has 1 aliphatic heterocycles. The monoisotopic (exact) mass is 276 g/mol. The molecule has 4 heteroatoms. The van der Waals surface area contributed by atoms with Crippen LogP contribution >= 0.6 is 0 Å². The fraction of sp³-hybridized carbons (Fsp3) is 0.562. The van der Waals surface area contributed by atoms with E-state index in [0.717, 1.165) is 31.2 Å². The van der Waals surface area contributed by atoms with Crippen LogP contribution < -0.4 is 0 Å². The summed E-state index contributed by atoms with van der Waals surface area (Å²) in [5.41, 5.74) is 0.963. The summed E-state index contributed by atoms with van der Waals surface area (Å²) in [4.78, 5) is 12.0. The van der Waals surface area contributed by atoms with Gasteiger partial charge in [-0.2, -0.15) is 0 Å². The molecule has 108 valence electrons. The van der Waals surface area contributed by atoms with Crippen LogP contribution in [0.2, 0.25) is 0 Å². The van der Waals surface area contributed by atoms with Crippen LogP contribution in [0.25, 0.3) is 0 Å². The fourth-order valence-electron chi connectivity index (χ4n) is 3.11. The van der Waals surface area contributed by atoms with E-state index in [1.54, 1.807) is 0 Å². The quantitative estimate of drug-likeness (QED) is 0.779. The number of hydrogen-bond donors (Lipinski definition) is 0. The number of benzene rings is 1. The van der Waals surface area contributed by atoms with Crippen molar-refractivity contribution in [3.8, 4) is 0 Å². The summed E-state index contributed by atoms with van der Waals surface area (Å²) < 4.78 is 17.1. The molecule has 1 spiro atoms. The van der Waals surface area contributed by atoms with Crippen molar-refractivity contribution in [3.05, 3.63) is 35.9 Å². The van der Waals surface area contributed by atoms with Gasteiger partial charge in [0.15, 0.2) is 11.9 Å². The Bertz CT molecular complexity index is 465. The van der Waals surface area contributed by atoms with Crippen molar-refractivity contribution in [2.75, 3.05) is 7.11 Å². The number of hydrogen-bond acceptors (Lipinski definition) is 4. The van der Waals surface area contributed by atoms with Crippen LogP contribution in [-0.2, 0) is 19.0 Å². The first-order valence-electron chi connectivity index (χ1n) is 7.22. The van der Waals surface area contributed by atoms with Crippen molar-refractivity contribution in [2.24, 2.45) is 0 Å². The maximum atomic E-state index is 12.0. The Morgan fingerprint density at radius 2 is 1.85 bits per heavy atom. The SMILES string of the molecule is COC(=O)[C@H]1OC2(CCCCC2)OC1c1ccccc1. The first-order chi connectivity index (χ1) is 9.74. The standard InChI is InChI=1S/C16H20O4/c1-18-15(17)14-13(12-8-4-2-5-9-12)19-16(20-14)10-6-3-7-11-16/h2,4-5,8-9,13-14H,3,6-7,10-11H2,1H3/t13?,14-/m0/s1. The number of rotatable bonds is 2. The predicted octanol–water partition coefficient (Wildman–Crippen LogP) is 2.98. The van der Waals surface area contributed by atoms with Crippen LogP contribution in [0.5, 0.6) is 0 Å². The summed E-state index contributed by atoms with van der Waals surface area (Å²) in [6, 6.07) is 9.76. The third-order valence-corrected chi connectivity index (χ3v) is 4.14. The Morgan fingerprint density at radius 3 is 2.50 bits per heavy atom. The highest BCUT2D eigenvalue weighted by Crippen LogP contribution is 2.46.